The predicted octanol–water partition coefficient (Wildman–Crippen LogP) is 4.70. The molecule has 0 atom stereocenters. The van der Waals surface area contributed by atoms with Crippen LogP contribution in [0.3, 0.4) is 0 Å². The van der Waals surface area contributed by atoms with Gasteiger partial charge in [-0.15, -0.1) is 0 Å². The van der Waals surface area contributed by atoms with Gasteiger partial charge in [0, 0.05) is 18.3 Å². The van der Waals surface area contributed by atoms with Gasteiger partial charge in [0.2, 0.25) is 0 Å². The highest BCUT2D eigenvalue weighted by molar-refractivity contribution is 6.03. The van der Waals surface area contributed by atoms with Crippen molar-refractivity contribution in [2.24, 2.45) is 0 Å². The number of hydrogen-bond donors (Lipinski definition) is 2. The van der Waals surface area contributed by atoms with Crippen molar-refractivity contribution >= 4 is 17.4 Å². The van der Waals surface area contributed by atoms with Crippen LogP contribution in [-0.4, -0.2) is 22.4 Å². The van der Waals surface area contributed by atoms with E-state index in [0.717, 1.165) is 36.2 Å². The van der Waals surface area contributed by atoms with E-state index in [0.29, 0.717) is 17.3 Å². The zero-order valence-electron chi connectivity index (χ0n) is 16.6. The molecular formula is C23H26N4O. The third kappa shape index (κ3) is 5.39. The molecule has 5 heteroatoms. The minimum atomic E-state index is -0.230. The van der Waals surface area contributed by atoms with Gasteiger partial charge < -0.3 is 10.6 Å². The Labute approximate surface area is 166 Å². The molecule has 1 heterocycles. The van der Waals surface area contributed by atoms with Gasteiger partial charge in [-0.1, -0.05) is 42.5 Å². The lowest BCUT2D eigenvalue weighted by Crippen LogP contribution is -2.16. The molecule has 0 aliphatic carbocycles. The van der Waals surface area contributed by atoms with E-state index in [2.05, 4.69) is 44.9 Å². The summed E-state index contributed by atoms with van der Waals surface area (Å²) in [6, 6.07) is 18.1. The van der Waals surface area contributed by atoms with Gasteiger partial charge >= 0.3 is 0 Å². The number of aromatic nitrogens is 2. The van der Waals surface area contributed by atoms with Crippen molar-refractivity contribution in [2.75, 3.05) is 17.2 Å². The Morgan fingerprint density at radius 3 is 2.54 bits per heavy atom. The van der Waals surface area contributed by atoms with Crippen LogP contribution >= 0.6 is 0 Å². The topological polar surface area (TPSA) is 66.9 Å². The molecular weight excluding hydrogens is 348 g/mol. The van der Waals surface area contributed by atoms with Crippen LogP contribution in [0.4, 0.5) is 11.5 Å². The Kier molecular flexibility index (Phi) is 6.37. The van der Waals surface area contributed by atoms with Gasteiger partial charge in [0.05, 0.1) is 0 Å². The Morgan fingerprint density at radius 1 is 0.964 bits per heavy atom. The zero-order valence-corrected chi connectivity index (χ0v) is 16.6. The zero-order chi connectivity index (χ0) is 19.9. The molecule has 28 heavy (non-hydrogen) atoms. The molecule has 5 nitrogen and oxygen atoms in total. The summed E-state index contributed by atoms with van der Waals surface area (Å²) in [6.45, 7) is 6.55. The lowest BCUT2D eigenvalue weighted by Gasteiger charge is -2.11. The number of carbonyl (C=O) groups is 1. The quantitative estimate of drug-likeness (QED) is 0.588. The molecule has 1 aromatic heterocycles. The number of amides is 1. The summed E-state index contributed by atoms with van der Waals surface area (Å²) in [5, 5.41) is 6.26. The molecule has 3 rings (SSSR count). The molecule has 0 aliphatic rings. The molecule has 0 fully saturated rings. The smallest absolute Gasteiger partial charge is 0.274 e. The maximum absolute atomic E-state index is 12.7. The Balaban J connectivity index is 1.62. The number of carbonyl (C=O) groups excluding carboxylic acids is 1. The fourth-order valence-corrected chi connectivity index (χ4v) is 2.99. The first-order valence-corrected chi connectivity index (χ1v) is 9.53. The van der Waals surface area contributed by atoms with Crippen LogP contribution < -0.4 is 10.6 Å². The van der Waals surface area contributed by atoms with Crippen molar-refractivity contribution in [3.63, 3.8) is 0 Å². The second kappa shape index (κ2) is 9.13. The average molecular weight is 374 g/mol. The van der Waals surface area contributed by atoms with Gasteiger partial charge in [0.15, 0.2) is 0 Å². The van der Waals surface area contributed by atoms with E-state index in [4.69, 9.17) is 0 Å². The Hall–Kier alpha value is -3.21. The Morgan fingerprint density at radius 2 is 1.75 bits per heavy atom. The van der Waals surface area contributed by atoms with Gasteiger partial charge in [0.25, 0.3) is 5.91 Å². The fourth-order valence-electron chi connectivity index (χ4n) is 2.99. The van der Waals surface area contributed by atoms with Crippen molar-refractivity contribution in [3.8, 4) is 0 Å². The van der Waals surface area contributed by atoms with Crippen molar-refractivity contribution < 1.29 is 4.79 Å². The number of aryl methyl sites for hydroxylation is 4. The van der Waals surface area contributed by atoms with Crippen molar-refractivity contribution in [3.05, 3.63) is 82.8 Å². The number of nitrogens with zero attached hydrogens (tertiary/aromatic N) is 2. The molecule has 0 saturated carbocycles. The van der Waals surface area contributed by atoms with E-state index in [9.17, 15) is 4.79 Å². The minimum Gasteiger partial charge on any atom is -0.370 e. The van der Waals surface area contributed by atoms with E-state index < -0.39 is 0 Å². The number of hydrogen-bond acceptors (Lipinski definition) is 4. The standard InChI is InChI=1S/C23H26N4O/c1-16-11-12-17(2)20(14-16)27-23(28)21-15-22(26-18(3)25-21)24-13-7-10-19-8-5-4-6-9-19/h4-6,8-9,11-12,14-15H,7,10,13H2,1-3H3,(H,27,28)(H,24,25,26). The van der Waals surface area contributed by atoms with Gasteiger partial charge in [-0.25, -0.2) is 9.97 Å². The summed E-state index contributed by atoms with van der Waals surface area (Å²) in [5.74, 6) is 1.01. The number of anilines is 2. The van der Waals surface area contributed by atoms with Crippen LogP contribution in [0.15, 0.2) is 54.6 Å². The molecule has 0 aliphatic heterocycles. The fraction of sp³-hybridized carbons (Fsp3) is 0.261. The third-order valence-electron chi connectivity index (χ3n) is 4.50. The van der Waals surface area contributed by atoms with Crippen LogP contribution in [0.1, 0.15) is 39.4 Å². The largest absolute Gasteiger partial charge is 0.370 e. The van der Waals surface area contributed by atoms with Crippen molar-refractivity contribution in [1.29, 1.82) is 0 Å². The van der Waals surface area contributed by atoms with Crippen LogP contribution in [-0.2, 0) is 6.42 Å². The highest BCUT2D eigenvalue weighted by atomic mass is 16.1. The van der Waals surface area contributed by atoms with E-state index in [1.165, 1.54) is 5.56 Å². The lowest BCUT2D eigenvalue weighted by molar-refractivity contribution is 0.102. The first-order chi connectivity index (χ1) is 13.5. The number of nitrogens with one attached hydrogen (secondary N) is 2. The maximum Gasteiger partial charge on any atom is 0.274 e. The van der Waals surface area contributed by atoms with Gasteiger partial charge in [0.1, 0.15) is 17.3 Å². The molecule has 0 unspecified atom stereocenters. The molecule has 0 saturated heterocycles. The first kappa shape index (κ1) is 19.5. The normalized spacial score (nSPS) is 10.5. The van der Waals surface area contributed by atoms with E-state index in [-0.39, 0.29) is 5.91 Å². The highest BCUT2D eigenvalue weighted by Crippen LogP contribution is 2.18. The Bertz CT molecular complexity index is 954. The van der Waals surface area contributed by atoms with E-state index in [1.807, 2.05) is 38.1 Å². The summed E-state index contributed by atoms with van der Waals surface area (Å²) in [4.78, 5) is 21.4. The molecule has 0 radical (unpaired) electrons. The summed E-state index contributed by atoms with van der Waals surface area (Å²) >= 11 is 0. The lowest BCUT2D eigenvalue weighted by atomic mass is 10.1. The molecule has 0 spiro atoms. The van der Waals surface area contributed by atoms with Crippen LogP contribution in [0.5, 0.6) is 0 Å². The molecule has 1 amide bonds. The molecule has 3 aromatic rings. The number of benzene rings is 2. The van der Waals surface area contributed by atoms with Crippen molar-refractivity contribution in [2.45, 2.75) is 33.6 Å². The number of rotatable bonds is 7. The highest BCUT2D eigenvalue weighted by Gasteiger charge is 2.12. The molecule has 0 bridgehead atoms. The summed E-state index contributed by atoms with van der Waals surface area (Å²) in [6.07, 6.45) is 1.98. The molecule has 2 N–H and O–H groups in total. The monoisotopic (exact) mass is 374 g/mol. The van der Waals surface area contributed by atoms with Crippen LogP contribution in [0.2, 0.25) is 0 Å². The SMILES string of the molecule is Cc1ccc(C)c(NC(=O)c2cc(NCCCc3ccccc3)nc(C)n2)c1. The van der Waals surface area contributed by atoms with Gasteiger partial charge in [-0.05, 0) is 56.4 Å². The predicted molar refractivity (Wildman–Crippen MR) is 114 cm³/mol. The first-order valence-electron chi connectivity index (χ1n) is 9.53. The van der Waals surface area contributed by atoms with E-state index in [1.54, 1.807) is 13.0 Å². The molecule has 144 valence electrons. The van der Waals surface area contributed by atoms with Crippen LogP contribution in [0, 0.1) is 20.8 Å². The summed E-state index contributed by atoms with van der Waals surface area (Å²) in [5.41, 5.74) is 4.60. The van der Waals surface area contributed by atoms with Gasteiger partial charge in [-0.2, -0.15) is 0 Å². The second-order valence-electron chi connectivity index (χ2n) is 6.97. The van der Waals surface area contributed by atoms with Crippen molar-refractivity contribution in [1.82, 2.24) is 9.97 Å². The van der Waals surface area contributed by atoms with Crippen LogP contribution in [0.25, 0.3) is 0 Å². The third-order valence-corrected chi connectivity index (χ3v) is 4.50. The maximum atomic E-state index is 12.7. The minimum absolute atomic E-state index is 0.230. The van der Waals surface area contributed by atoms with Gasteiger partial charge in [-0.3, -0.25) is 4.79 Å². The summed E-state index contributed by atoms with van der Waals surface area (Å²) in [7, 11) is 0. The van der Waals surface area contributed by atoms with E-state index >= 15 is 0 Å². The second-order valence-corrected chi connectivity index (χ2v) is 6.97. The summed E-state index contributed by atoms with van der Waals surface area (Å²) < 4.78 is 0. The molecule has 2 aromatic carbocycles. The average Bonchev–Trinajstić information content (AvgIpc) is 2.68.